The van der Waals surface area contributed by atoms with E-state index in [-0.39, 0.29) is 41.6 Å². The molecule has 3 saturated heterocycles. The van der Waals surface area contributed by atoms with Gasteiger partial charge in [0.05, 0.1) is 0 Å². The quantitative estimate of drug-likeness (QED) is 0.171. The second-order valence-corrected chi connectivity index (χ2v) is 28.9. The zero-order valence-electron chi connectivity index (χ0n) is 31.1. The second-order valence-electron chi connectivity index (χ2n) is 15.9. The number of nitrogens with zero attached hydrogens (tertiary/aromatic N) is 6. The number of aromatic nitrogens is 3. The number of carbonyl (C=O) groups is 1. The molecular formula is C37H60F2N6O3Sn. The van der Waals surface area contributed by atoms with Gasteiger partial charge in [0.25, 0.3) is 0 Å². The molecule has 5 rings (SSSR count). The van der Waals surface area contributed by atoms with Crippen molar-refractivity contribution in [1.82, 2.24) is 24.8 Å². The molecule has 3 fully saturated rings. The Bertz CT molecular complexity index is 1420. The molecule has 3 aliphatic heterocycles. The molecule has 3 aliphatic rings. The summed E-state index contributed by atoms with van der Waals surface area (Å²) in [6.45, 7) is 14.8. The summed E-state index contributed by atoms with van der Waals surface area (Å²) in [6, 6.07) is 0.0524. The monoisotopic (exact) mass is 794 g/mol. The number of hydrogen-bond acceptors (Lipinski definition) is 8. The van der Waals surface area contributed by atoms with Crippen molar-refractivity contribution < 1.29 is 23.0 Å². The standard InChI is InChI=1S/C25H33F2N6O3.3C4H9.Sn/c1-24(2,3)36-23(34)32-9-6-17(14-32)31(4)21-18-11-28-12-19(27)20(18)29-22(30-21)35-15-25-7-5-8-33(25)13-16(26)10-25;3*1-3-4-2;/h11,16-17H,5-10,13-15H2,1-4H3;3*1,3-4H2,2H3;/t16-,17-,25+;;;;/m1..../s1. The number of amides is 1. The SMILES string of the molecule is CCC[CH2][Sn]([CH2]CCC)([CH2]CCC)[c]1ncc2c(N(C)[C@@H]3CCN(C(=O)OC(C)(C)C)C3)nc(OC[C@@]34CCCN3C[C@H](F)C4)nc2c1F. The molecule has 9 nitrogen and oxygen atoms in total. The number of likely N-dealkylation sites (N-methyl/N-ethyl adjacent to an activating group) is 1. The van der Waals surface area contributed by atoms with Gasteiger partial charge in [0.2, 0.25) is 0 Å². The number of anilines is 1. The first kappa shape index (κ1) is 38.2. The van der Waals surface area contributed by atoms with Gasteiger partial charge in [-0.25, -0.2) is 0 Å². The Labute approximate surface area is 296 Å². The average molecular weight is 794 g/mol. The number of fused-ring (bicyclic) bond motifs is 2. The fraction of sp³-hybridized carbons (Fsp3) is 0.784. The number of ether oxygens (including phenoxy) is 2. The minimum absolute atomic E-state index is 0.0656. The third-order valence-corrected chi connectivity index (χ3v) is 26.2. The summed E-state index contributed by atoms with van der Waals surface area (Å²) in [5.41, 5.74) is -0.699. The molecule has 0 saturated carbocycles. The minimum atomic E-state index is -3.28. The zero-order valence-corrected chi connectivity index (χ0v) is 34.0. The van der Waals surface area contributed by atoms with E-state index in [4.69, 9.17) is 24.4 Å². The van der Waals surface area contributed by atoms with Crippen LogP contribution in [-0.4, -0.2) is 112 Å². The topological polar surface area (TPSA) is 83.9 Å². The summed E-state index contributed by atoms with van der Waals surface area (Å²) in [4.78, 5) is 33.6. The molecule has 0 spiro atoms. The van der Waals surface area contributed by atoms with Gasteiger partial charge < -0.3 is 0 Å². The predicted molar refractivity (Wildman–Crippen MR) is 195 cm³/mol. The Balaban J connectivity index is 1.55. The predicted octanol–water partition coefficient (Wildman–Crippen LogP) is 7.62. The molecule has 49 heavy (non-hydrogen) atoms. The van der Waals surface area contributed by atoms with Crippen LogP contribution in [0.3, 0.4) is 0 Å². The van der Waals surface area contributed by atoms with Crippen LogP contribution in [0, 0.1) is 5.82 Å². The van der Waals surface area contributed by atoms with Crippen molar-refractivity contribution >= 4 is 44.9 Å². The van der Waals surface area contributed by atoms with Crippen molar-refractivity contribution in [2.45, 2.75) is 142 Å². The van der Waals surface area contributed by atoms with Crippen molar-refractivity contribution in [3.63, 3.8) is 0 Å². The van der Waals surface area contributed by atoms with E-state index in [1.807, 2.05) is 38.9 Å². The van der Waals surface area contributed by atoms with Gasteiger partial charge >= 0.3 is 277 Å². The van der Waals surface area contributed by atoms with Gasteiger partial charge in [0.15, 0.2) is 0 Å². The van der Waals surface area contributed by atoms with E-state index in [0.717, 1.165) is 71.2 Å². The first-order chi connectivity index (χ1) is 23.3. The van der Waals surface area contributed by atoms with E-state index in [1.54, 1.807) is 4.90 Å². The molecule has 0 unspecified atom stereocenters. The van der Waals surface area contributed by atoms with Crippen LogP contribution < -0.4 is 13.3 Å². The number of carbonyl (C=O) groups excluding carboxylic acids is 1. The summed E-state index contributed by atoms with van der Waals surface area (Å²) in [6.07, 6.45) is 10.2. The maximum absolute atomic E-state index is 17.3. The second kappa shape index (κ2) is 16.1. The fourth-order valence-electron chi connectivity index (χ4n) is 8.37. The fourth-order valence-corrected chi connectivity index (χ4v) is 24.0. The number of likely N-dealkylation sites (tertiary alicyclic amines) is 1. The molecule has 0 aromatic carbocycles. The molecule has 12 heteroatoms. The summed E-state index contributed by atoms with van der Waals surface area (Å²) in [5.74, 6) is 0.242. The van der Waals surface area contributed by atoms with Gasteiger partial charge in [0.1, 0.15) is 0 Å². The molecule has 0 radical (unpaired) electrons. The van der Waals surface area contributed by atoms with Crippen LogP contribution in [0.15, 0.2) is 6.20 Å². The zero-order chi connectivity index (χ0) is 35.4. The van der Waals surface area contributed by atoms with Crippen LogP contribution in [0.1, 0.15) is 106 Å². The Morgan fingerprint density at radius 3 is 2.37 bits per heavy atom. The summed E-state index contributed by atoms with van der Waals surface area (Å²) >= 11 is -3.28. The average Bonchev–Trinajstić information content (AvgIpc) is 3.78. The molecule has 5 heterocycles. The molecule has 0 bridgehead atoms. The first-order valence-electron chi connectivity index (χ1n) is 18.9. The number of rotatable bonds is 15. The molecule has 3 atom stereocenters. The van der Waals surface area contributed by atoms with Crippen LogP contribution in [0.4, 0.5) is 19.4 Å². The van der Waals surface area contributed by atoms with Crippen LogP contribution in [-0.2, 0) is 4.74 Å². The van der Waals surface area contributed by atoms with Crippen molar-refractivity contribution in [2.24, 2.45) is 0 Å². The van der Waals surface area contributed by atoms with Crippen LogP contribution in [0.2, 0.25) is 13.3 Å². The van der Waals surface area contributed by atoms with E-state index in [2.05, 4.69) is 25.7 Å². The Morgan fingerprint density at radius 2 is 1.73 bits per heavy atom. The van der Waals surface area contributed by atoms with Crippen LogP contribution >= 0.6 is 0 Å². The maximum atomic E-state index is 17.3. The molecular weight excluding hydrogens is 733 g/mol. The molecule has 0 N–H and O–H groups in total. The normalized spacial score (nSPS) is 23.0. The van der Waals surface area contributed by atoms with Gasteiger partial charge in [-0.3, -0.25) is 0 Å². The Morgan fingerprint density at radius 1 is 1.06 bits per heavy atom. The first-order valence-corrected chi connectivity index (χ1v) is 26.4. The Hall–Kier alpha value is -2.02. The number of halogens is 2. The van der Waals surface area contributed by atoms with Gasteiger partial charge in [-0.2, -0.15) is 0 Å². The summed E-state index contributed by atoms with van der Waals surface area (Å²) < 4.78 is 47.9. The molecule has 1 amide bonds. The van der Waals surface area contributed by atoms with E-state index in [0.29, 0.717) is 47.4 Å². The van der Waals surface area contributed by atoms with Gasteiger partial charge in [0, 0.05) is 0 Å². The van der Waals surface area contributed by atoms with E-state index >= 15 is 4.39 Å². The summed E-state index contributed by atoms with van der Waals surface area (Å²) in [5, 5.41) is 0.554. The van der Waals surface area contributed by atoms with Crippen molar-refractivity contribution in [3.05, 3.63) is 12.0 Å². The number of alkyl halides is 1. The van der Waals surface area contributed by atoms with Gasteiger partial charge in [-0.1, -0.05) is 0 Å². The van der Waals surface area contributed by atoms with Crippen LogP contribution in [0.5, 0.6) is 6.01 Å². The van der Waals surface area contributed by atoms with Crippen molar-refractivity contribution in [3.8, 4) is 6.01 Å². The number of pyridine rings is 1. The van der Waals surface area contributed by atoms with E-state index in [9.17, 15) is 9.18 Å². The van der Waals surface area contributed by atoms with Crippen molar-refractivity contribution in [1.29, 1.82) is 0 Å². The van der Waals surface area contributed by atoms with Gasteiger partial charge in [-0.05, 0) is 20.8 Å². The van der Waals surface area contributed by atoms with Gasteiger partial charge in [-0.15, -0.1) is 0 Å². The number of hydrogen-bond donors (Lipinski definition) is 0. The molecule has 0 aliphatic carbocycles. The van der Waals surface area contributed by atoms with E-state index < -0.39 is 30.1 Å². The van der Waals surface area contributed by atoms with Crippen LogP contribution in [0.25, 0.3) is 10.9 Å². The number of unbranched alkanes of at least 4 members (excludes halogenated alkanes) is 3. The van der Waals surface area contributed by atoms with Crippen molar-refractivity contribution in [2.75, 3.05) is 44.7 Å². The molecule has 2 aromatic rings. The third kappa shape index (κ3) is 8.55. The third-order valence-electron chi connectivity index (χ3n) is 11.1. The van der Waals surface area contributed by atoms with E-state index in [1.165, 1.54) is 0 Å². The molecule has 274 valence electrons. The summed E-state index contributed by atoms with van der Waals surface area (Å²) in [7, 11) is 1.94. The molecule has 2 aromatic heterocycles. The Kier molecular flexibility index (Phi) is 12.6.